The number of ether oxygens (including phenoxy) is 1. The van der Waals surface area contributed by atoms with Gasteiger partial charge in [-0.3, -0.25) is 10.1 Å². The number of carbonyl (C=O) groups is 1. The van der Waals surface area contributed by atoms with E-state index in [1.54, 1.807) is 0 Å². The van der Waals surface area contributed by atoms with E-state index in [-0.39, 0.29) is 11.4 Å². The Kier molecular flexibility index (Phi) is 4.78. The van der Waals surface area contributed by atoms with Crippen LogP contribution in [0.5, 0.6) is 0 Å². The van der Waals surface area contributed by atoms with Gasteiger partial charge >= 0.3 is 5.97 Å². The summed E-state index contributed by atoms with van der Waals surface area (Å²) in [5, 5.41) is 3.76. The first-order valence-electron chi connectivity index (χ1n) is 8.26. The Morgan fingerprint density at radius 3 is 2.25 bits per heavy atom. The van der Waals surface area contributed by atoms with Crippen LogP contribution in [0.25, 0.3) is 0 Å². The lowest BCUT2D eigenvalue weighted by Crippen LogP contribution is -2.64. The quantitative estimate of drug-likeness (QED) is 0.802. The van der Waals surface area contributed by atoms with E-state index in [2.05, 4.69) is 26.1 Å². The van der Waals surface area contributed by atoms with Crippen molar-refractivity contribution in [2.45, 2.75) is 83.7 Å². The average Bonchev–Trinajstić information content (AvgIpc) is 2.89. The third kappa shape index (κ3) is 3.03. The molecule has 0 spiro atoms. The Balaban J connectivity index is 2.29. The largest absolute Gasteiger partial charge is 0.468 e. The lowest BCUT2D eigenvalue weighted by atomic mass is 9.61. The third-order valence-electron chi connectivity index (χ3n) is 5.32. The number of esters is 1. The molecule has 1 N–H and O–H groups in total. The molecular weight excluding hydrogens is 250 g/mol. The van der Waals surface area contributed by atoms with Gasteiger partial charge in [0.25, 0.3) is 0 Å². The van der Waals surface area contributed by atoms with E-state index in [0.717, 1.165) is 19.3 Å². The second-order valence-electron chi connectivity index (χ2n) is 7.75. The van der Waals surface area contributed by atoms with Crippen molar-refractivity contribution in [1.82, 2.24) is 5.32 Å². The number of methoxy groups -OCH3 is 1. The first kappa shape index (κ1) is 15.8. The summed E-state index contributed by atoms with van der Waals surface area (Å²) in [5.74, 6) is 0.320. The Labute approximate surface area is 123 Å². The molecule has 0 radical (unpaired) electrons. The van der Waals surface area contributed by atoms with Crippen molar-refractivity contribution >= 4 is 5.97 Å². The molecule has 2 saturated carbocycles. The molecule has 0 heterocycles. The monoisotopic (exact) mass is 281 g/mol. The zero-order valence-electron chi connectivity index (χ0n) is 13.6. The second-order valence-corrected chi connectivity index (χ2v) is 7.75. The van der Waals surface area contributed by atoms with E-state index in [1.807, 2.05) is 0 Å². The predicted octanol–water partition coefficient (Wildman–Crippen LogP) is 3.67. The van der Waals surface area contributed by atoms with Gasteiger partial charge in [-0.1, -0.05) is 46.5 Å². The molecule has 0 saturated heterocycles. The van der Waals surface area contributed by atoms with Gasteiger partial charge in [0, 0.05) is 6.04 Å². The molecule has 2 aliphatic carbocycles. The van der Waals surface area contributed by atoms with Gasteiger partial charge in [-0.15, -0.1) is 0 Å². The third-order valence-corrected chi connectivity index (χ3v) is 5.32. The number of hydrogen-bond acceptors (Lipinski definition) is 3. The van der Waals surface area contributed by atoms with Crippen LogP contribution in [0, 0.1) is 11.3 Å². The molecule has 0 aliphatic heterocycles. The Hall–Kier alpha value is -0.570. The van der Waals surface area contributed by atoms with Gasteiger partial charge in [0.15, 0.2) is 0 Å². The molecule has 3 heteroatoms. The van der Waals surface area contributed by atoms with E-state index in [9.17, 15) is 4.79 Å². The molecule has 2 rings (SSSR count). The highest BCUT2D eigenvalue weighted by atomic mass is 16.5. The molecule has 3 nitrogen and oxygen atoms in total. The minimum atomic E-state index is -0.458. The average molecular weight is 281 g/mol. The minimum Gasteiger partial charge on any atom is -0.468 e. The Morgan fingerprint density at radius 1 is 1.10 bits per heavy atom. The van der Waals surface area contributed by atoms with E-state index in [4.69, 9.17) is 4.74 Å². The van der Waals surface area contributed by atoms with E-state index < -0.39 is 5.54 Å². The first-order chi connectivity index (χ1) is 9.40. The predicted molar refractivity (Wildman–Crippen MR) is 81.6 cm³/mol. The zero-order valence-corrected chi connectivity index (χ0v) is 13.6. The topological polar surface area (TPSA) is 38.3 Å². The molecule has 0 bridgehead atoms. The number of rotatable bonds is 3. The fraction of sp³-hybridized carbons (Fsp3) is 0.941. The van der Waals surface area contributed by atoms with Crippen molar-refractivity contribution in [3.63, 3.8) is 0 Å². The highest BCUT2D eigenvalue weighted by Gasteiger charge is 2.52. The summed E-state index contributed by atoms with van der Waals surface area (Å²) in [6.45, 7) is 6.78. The van der Waals surface area contributed by atoms with Gasteiger partial charge in [-0.2, -0.15) is 0 Å². The molecule has 20 heavy (non-hydrogen) atoms. The summed E-state index contributed by atoms with van der Waals surface area (Å²) in [6.07, 6.45) is 9.39. The summed E-state index contributed by atoms with van der Waals surface area (Å²) in [4.78, 5) is 12.6. The molecule has 2 unspecified atom stereocenters. The number of hydrogen-bond donors (Lipinski definition) is 1. The first-order valence-corrected chi connectivity index (χ1v) is 8.26. The molecule has 116 valence electrons. The van der Waals surface area contributed by atoms with Gasteiger partial charge in [-0.25, -0.2) is 0 Å². The highest BCUT2D eigenvalue weighted by Crippen LogP contribution is 2.45. The number of carbonyl (C=O) groups excluding carboxylic acids is 1. The number of nitrogens with one attached hydrogen (secondary N) is 1. The van der Waals surface area contributed by atoms with E-state index >= 15 is 0 Å². The van der Waals surface area contributed by atoms with Gasteiger partial charge in [-0.05, 0) is 37.0 Å². The van der Waals surface area contributed by atoms with Gasteiger partial charge < -0.3 is 4.74 Å². The lowest BCUT2D eigenvalue weighted by molar-refractivity contribution is -0.157. The molecule has 0 amide bonds. The lowest BCUT2D eigenvalue weighted by Gasteiger charge is -2.49. The fourth-order valence-corrected chi connectivity index (χ4v) is 4.44. The molecule has 0 aromatic carbocycles. The summed E-state index contributed by atoms with van der Waals surface area (Å²) in [6, 6.07) is 0.497. The van der Waals surface area contributed by atoms with Gasteiger partial charge in [0.05, 0.1) is 7.11 Å². The molecule has 0 aromatic heterocycles. The van der Waals surface area contributed by atoms with E-state index in [0.29, 0.717) is 12.0 Å². The maximum Gasteiger partial charge on any atom is 0.326 e. The summed E-state index contributed by atoms with van der Waals surface area (Å²) < 4.78 is 5.23. The molecule has 2 fully saturated rings. The molecule has 2 atom stereocenters. The van der Waals surface area contributed by atoms with Crippen LogP contribution < -0.4 is 5.32 Å². The van der Waals surface area contributed by atoms with Crippen LogP contribution in [0.1, 0.15) is 72.1 Å². The molecule has 0 aromatic rings. The van der Waals surface area contributed by atoms with Crippen molar-refractivity contribution < 1.29 is 9.53 Å². The van der Waals surface area contributed by atoms with Crippen LogP contribution in [0.4, 0.5) is 0 Å². The standard InChI is InChI=1S/C17H31NO2/c1-16(2,3)14-11-7-8-12-17(14,15(19)20-4)18-13-9-5-6-10-13/h13-14,18H,5-12H2,1-4H3. The Morgan fingerprint density at radius 2 is 1.70 bits per heavy atom. The smallest absolute Gasteiger partial charge is 0.326 e. The van der Waals surface area contributed by atoms with Crippen LogP contribution in [-0.2, 0) is 9.53 Å². The summed E-state index contributed by atoms with van der Waals surface area (Å²) in [5.41, 5.74) is -0.333. The van der Waals surface area contributed by atoms with Gasteiger partial charge in [0.1, 0.15) is 5.54 Å². The van der Waals surface area contributed by atoms with Crippen LogP contribution in [0.2, 0.25) is 0 Å². The van der Waals surface area contributed by atoms with Crippen LogP contribution in [0.15, 0.2) is 0 Å². The van der Waals surface area contributed by atoms with Gasteiger partial charge in [0.2, 0.25) is 0 Å². The zero-order chi connectivity index (χ0) is 14.8. The maximum atomic E-state index is 12.6. The maximum absolute atomic E-state index is 12.6. The molecule has 2 aliphatic rings. The summed E-state index contributed by atoms with van der Waals surface area (Å²) >= 11 is 0. The van der Waals surface area contributed by atoms with E-state index in [1.165, 1.54) is 39.2 Å². The van der Waals surface area contributed by atoms with Crippen LogP contribution in [-0.4, -0.2) is 24.7 Å². The SMILES string of the molecule is COC(=O)C1(NC2CCCC2)CCCCC1C(C)(C)C. The Bertz CT molecular complexity index is 341. The van der Waals surface area contributed by atoms with Crippen molar-refractivity contribution in [2.24, 2.45) is 11.3 Å². The normalized spacial score (nSPS) is 32.3. The van der Waals surface area contributed by atoms with Crippen molar-refractivity contribution in [2.75, 3.05) is 7.11 Å². The van der Waals surface area contributed by atoms with Crippen molar-refractivity contribution in [3.05, 3.63) is 0 Å². The van der Waals surface area contributed by atoms with Crippen LogP contribution >= 0.6 is 0 Å². The van der Waals surface area contributed by atoms with Crippen molar-refractivity contribution in [3.8, 4) is 0 Å². The minimum absolute atomic E-state index is 0.0379. The highest BCUT2D eigenvalue weighted by molar-refractivity contribution is 5.81. The van der Waals surface area contributed by atoms with Crippen molar-refractivity contribution in [1.29, 1.82) is 0 Å². The fourth-order valence-electron chi connectivity index (χ4n) is 4.44. The van der Waals surface area contributed by atoms with Crippen LogP contribution in [0.3, 0.4) is 0 Å². The molecular formula is C17H31NO2. The second kappa shape index (κ2) is 6.05. The summed E-state index contributed by atoms with van der Waals surface area (Å²) in [7, 11) is 1.54.